The Balaban J connectivity index is 1.02. The number of para-hydroxylation sites is 4. The largest absolute Gasteiger partial charge is 0.455 e. The number of furan rings is 1. The zero-order valence-corrected chi connectivity index (χ0v) is 32.0. The number of imidazole rings is 1. The second kappa shape index (κ2) is 13.3. The molecule has 0 fully saturated rings. The van der Waals surface area contributed by atoms with Crippen molar-refractivity contribution in [2.24, 2.45) is 0 Å². The van der Waals surface area contributed by atoms with Gasteiger partial charge in [-0.1, -0.05) is 121 Å². The summed E-state index contributed by atoms with van der Waals surface area (Å²) in [5, 5.41) is 4.61. The molecular formula is C55H35N3O. The van der Waals surface area contributed by atoms with Crippen molar-refractivity contribution in [3.63, 3.8) is 0 Å². The van der Waals surface area contributed by atoms with Gasteiger partial charge in [0.1, 0.15) is 17.0 Å². The van der Waals surface area contributed by atoms with Crippen LogP contribution in [-0.4, -0.2) is 14.1 Å². The minimum atomic E-state index is 0.881. The Morgan fingerprint density at radius 1 is 0.339 bits per heavy atom. The van der Waals surface area contributed by atoms with Crippen molar-refractivity contribution in [2.45, 2.75) is 0 Å². The summed E-state index contributed by atoms with van der Waals surface area (Å²) < 4.78 is 11.4. The Bertz CT molecular complexity index is 3520. The molecule has 0 aliphatic heterocycles. The highest BCUT2D eigenvalue weighted by molar-refractivity contribution is 6.15. The van der Waals surface area contributed by atoms with Crippen LogP contribution in [0.2, 0.25) is 0 Å². The predicted molar refractivity (Wildman–Crippen MR) is 244 cm³/mol. The predicted octanol–water partition coefficient (Wildman–Crippen LogP) is 14.7. The van der Waals surface area contributed by atoms with Crippen LogP contribution in [0.3, 0.4) is 0 Å². The van der Waals surface area contributed by atoms with Gasteiger partial charge in [-0.15, -0.1) is 0 Å². The van der Waals surface area contributed by atoms with Crippen molar-refractivity contribution < 1.29 is 4.42 Å². The van der Waals surface area contributed by atoms with Crippen molar-refractivity contribution in [1.82, 2.24) is 14.1 Å². The summed E-state index contributed by atoms with van der Waals surface area (Å²) in [4.78, 5) is 5.12. The number of aromatic nitrogens is 3. The van der Waals surface area contributed by atoms with Crippen molar-refractivity contribution >= 4 is 54.8 Å². The molecule has 0 N–H and O–H groups in total. The summed E-state index contributed by atoms with van der Waals surface area (Å²) >= 11 is 0. The maximum Gasteiger partial charge on any atom is 0.145 e. The topological polar surface area (TPSA) is 35.9 Å². The lowest BCUT2D eigenvalue weighted by Crippen LogP contribution is -1.98. The first-order chi connectivity index (χ1) is 29.2. The Morgan fingerprint density at radius 3 is 1.69 bits per heavy atom. The van der Waals surface area contributed by atoms with Gasteiger partial charge < -0.3 is 8.98 Å². The zero-order valence-electron chi connectivity index (χ0n) is 32.0. The van der Waals surface area contributed by atoms with Gasteiger partial charge in [-0.05, 0) is 119 Å². The number of nitrogens with zero attached hydrogens (tertiary/aromatic N) is 3. The standard InChI is InChI=1S/C55H35N3O/c1-4-14-36(15-5-1)39-27-31-53-47(32-39)48-35-41(37-16-6-2-7-17-37)34-45(54(48)59-53)40-26-30-51-46(33-40)44-20-10-12-22-50(44)57(51)43-28-24-38(25-29-43)55-56-49-21-11-13-23-52(49)58(55)42-18-8-3-9-19-42/h1-35H. The van der Waals surface area contributed by atoms with E-state index in [-0.39, 0.29) is 0 Å². The third-order valence-electron chi connectivity index (χ3n) is 11.7. The lowest BCUT2D eigenvalue weighted by molar-refractivity contribution is 0.670. The average molecular weight is 754 g/mol. The van der Waals surface area contributed by atoms with Crippen LogP contribution in [0, 0.1) is 0 Å². The van der Waals surface area contributed by atoms with Crippen molar-refractivity contribution in [3.05, 3.63) is 212 Å². The van der Waals surface area contributed by atoms with Gasteiger partial charge in [-0.3, -0.25) is 4.57 Å². The van der Waals surface area contributed by atoms with Crippen LogP contribution in [-0.2, 0) is 0 Å². The van der Waals surface area contributed by atoms with E-state index in [1.54, 1.807) is 0 Å². The summed E-state index contributed by atoms with van der Waals surface area (Å²) in [7, 11) is 0. The molecule has 0 bridgehead atoms. The fraction of sp³-hybridized carbons (Fsp3) is 0. The molecule has 12 aromatic rings. The van der Waals surface area contributed by atoms with E-state index >= 15 is 0 Å². The van der Waals surface area contributed by atoms with E-state index in [0.717, 1.165) is 83.5 Å². The van der Waals surface area contributed by atoms with E-state index in [1.807, 2.05) is 6.07 Å². The van der Waals surface area contributed by atoms with E-state index in [9.17, 15) is 0 Å². The van der Waals surface area contributed by atoms with E-state index in [4.69, 9.17) is 9.40 Å². The van der Waals surface area contributed by atoms with Gasteiger partial charge in [0, 0.05) is 44.0 Å². The summed E-state index contributed by atoms with van der Waals surface area (Å²) in [6.07, 6.45) is 0. The van der Waals surface area contributed by atoms with Gasteiger partial charge in [-0.2, -0.15) is 0 Å². The smallest absolute Gasteiger partial charge is 0.145 e. The first-order valence-corrected chi connectivity index (χ1v) is 20.0. The lowest BCUT2D eigenvalue weighted by Gasteiger charge is -2.12. The van der Waals surface area contributed by atoms with E-state index in [2.05, 4.69) is 215 Å². The highest BCUT2D eigenvalue weighted by Crippen LogP contribution is 2.43. The molecule has 0 atom stereocenters. The molecule has 0 saturated heterocycles. The fourth-order valence-electron chi connectivity index (χ4n) is 8.94. The quantitative estimate of drug-likeness (QED) is 0.169. The molecule has 3 aromatic heterocycles. The SMILES string of the molecule is c1ccc(-c2ccc3oc4c(-c5ccc6c(c5)c5ccccc5n6-c5ccc(-c6nc7ccccc7n6-c6ccccc6)cc5)cc(-c5ccccc5)cc4c3c2)cc1. The maximum absolute atomic E-state index is 6.79. The molecule has 4 nitrogen and oxygen atoms in total. The fourth-order valence-corrected chi connectivity index (χ4v) is 8.94. The van der Waals surface area contributed by atoms with Gasteiger partial charge in [0.2, 0.25) is 0 Å². The molecule has 59 heavy (non-hydrogen) atoms. The molecule has 276 valence electrons. The second-order valence-electron chi connectivity index (χ2n) is 15.2. The second-order valence-corrected chi connectivity index (χ2v) is 15.2. The normalized spacial score (nSPS) is 11.7. The molecule has 0 unspecified atom stereocenters. The van der Waals surface area contributed by atoms with Gasteiger partial charge in [-0.25, -0.2) is 4.98 Å². The number of benzene rings is 9. The first-order valence-electron chi connectivity index (χ1n) is 20.0. The van der Waals surface area contributed by atoms with Gasteiger partial charge in [0.15, 0.2) is 0 Å². The Kier molecular flexibility index (Phi) is 7.50. The summed E-state index contributed by atoms with van der Waals surface area (Å²) in [5.41, 5.74) is 16.2. The Labute approximate surface area is 340 Å². The minimum absolute atomic E-state index is 0.881. The molecule has 4 heteroatoms. The first kappa shape index (κ1) is 33.2. The molecular weight excluding hydrogens is 719 g/mol. The lowest BCUT2D eigenvalue weighted by atomic mass is 9.94. The van der Waals surface area contributed by atoms with Crippen molar-refractivity contribution in [2.75, 3.05) is 0 Å². The monoisotopic (exact) mass is 753 g/mol. The highest BCUT2D eigenvalue weighted by Gasteiger charge is 2.20. The van der Waals surface area contributed by atoms with Crippen LogP contribution in [0.25, 0.3) is 111 Å². The molecule has 0 radical (unpaired) electrons. The van der Waals surface area contributed by atoms with Gasteiger partial charge in [0.25, 0.3) is 0 Å². The van der Waals surface area contributed by atoms with E-state index in [0.29, 0.717) is 0 Å². The van der Waals surface area contributed by atoms with Gasteiger partial charge in [0.05, 0.1) is 22.1 Å². The number of rotatable bonds is 6. The van der Waals surface area contributed by atoms with Crippen LogP contribution in [0.1, 0.15) is 0 Å². The van der Waals surface area contributed by atoms with Crippen molar-refractivity contribution in [1.29, 1.82) is 0 Å². The molecule has 3 heterocycles. The van der Waals surface area contributed by atoms with E-state index < -0.39 is 0 Å². The number of hydrogen-bond donors (Lipinski definition) is 0. The summed E-state index contributed by atoms with van der Waals surface area (Å²) in [5.74, 6) is 0.918. The van der Waals surface area contributed by atoms with Crippen LogP contribution < -0.4 is 0 Å². The third kappa shape index (κ3) is 5.42. The maximum atomic E-state index is 6.79. The Morgan fingerprint density at radius 2 is 0.915 bits per heavy atom. The van der Waals surface area contributed by atoms with Crippen LogP contribution >= 0.6 is 0 Å². The number of hydrogen-bond acceptors (Lipinski definition) is 2. The van der Waals surface area contributed by atoms with Gasteiger partial charge >= 0.3 is 0 Å². The average Bonchev–Trinajstić information content (AvgIpc) is 3.99. The van der Waals surface area contributed by atoms with Crippen LogP contribution in [0.4, 0.5) is 0 Å². The molecule has 9 aromatic carbocycles. The highest BCUT2D eigenvalue weighted by atomic mass is 16.3. The van der Waals surface area contributed by atoms with Crippen LogP contribution in [0.5, 0.6) is 0 Å². The Hall–Kier alpha value is -7.95. The van der Waals surface area contributed by atoms with Crippen LogP contribution in [0.15, 0.2) is 217 Å². The van der Waals surface area contributed by atoms with E-state index in [1.165, 1.54) is 27.5 Å². The van der Waals surface area contributed by atoms with Crippen molar-refractivity contribution in [3.8, 4) is 56.1 Å². The number of fused-ring (bicyclic) bond motifs is 7. The molecule has 0 saturated carbocycles. The third-order valence-corrected chi connectivity index (χ3v) is 11.7. The zero-order chi connectivity index (χ0) is 38.9. The molecule has 0 spiro atoms. The molecule has 0 aliphatic rings. The molecule has 12 rings (SSSR count). The molecule has 0 aliphatic carbocycles. The minimum Gasteiger partial charge on any atom is -0.455 e. The summed E-state index contributed by atoms with van der Waals surface area (Å²) in [6.45, 7) is 0. The molecule has 0 amide bonds. The summed E-state index contributed by atoms with van der Waals surface area (Å²) in [6, 6.07) is 75.5.